The Hall–Kier alpha value is -3.03. The fourth-order valence-corrected chi connectivity index (χ4v) is 3.22. The van der Waals surface area contributed by atoms with Crippen molar-refractivity contribution in [2.45, 2.75) is 26.2 Å². The first-order valence-corrected chi connectivity index (χ1v) is 8.60. The zero-order chi connectivity index (χ0) is 18.1. The Labute approximate surface area is 150 Å². The number of aromatic nitrogens is 2. The Bertz CT molecular complexity index is 855. The van der Waals surface area contributed by atoms with E-state index in [0.717, 1.165) is 18.4 Å². The number of nitrogens with zero attached hydrogens (tertiary/aromatic N) is 3. The molecule has 0 fully saturated rings. The third-order valence-electron chi connectivity index (χ3n) is 4.49. The largest absolute Gasteiger partial charge is 0.493 e. The summed E-state index contributed by atoms with van der Waals surface area (Å²) in [4.78, 5) is 21.3. The molecule has 136 valence electrons. The van der Waals surface area contributed by atoms with Gasteiger partial charge in [-0.05, 0) is 25.0 Å². The fraction of sp³-hybridized carbons (Fsp3) is 0.389. The van der Waals surface area contributed by atoms with Crippen LogP contribution in [-0.2, 0) is 6.42 Å². The number of ether oxygens (including phenoxy) is 3. The maximum atomic E-state index is 11.4. The molecule has 2 aromatic rings. The van der Waals surface area contributed by atoms with Gasteiger partial charge in [0.05, 0.1) is 17.9 Å². The third-order valence-corrected chi connectivity index (χ3v) is 4.49. The molecule has 1 amide bonds. The van der Waals surface area contributed by atoms with E-state index < -0.39 is 6.09 Å². The molecule has 8 nitrogen and oxygen atoms in total. The first-order valence-electron chi connectivity index (χ1n) is 8.60. The minimum Gasteiger partial charge on any atom is -0.493 e. The number of anilines is 1. The van der Waals surface area contributed by atoms with Crippen LogP contribution in [0.15, 0.2) is 18.5 Å². The molecule has 0 bridgehead atoms. The second kappa shape index (κ2) is 6.70. The van der Waals surface area contributed by atoms with Gasteiger partial charge in [-0.15, -0.1) is 0 Å². The van der Waals surface area contributed by atoms with Gasteiger partial charge in [0.1, 0.15) is 17.9 Å². The Morgan fingerprint density at radius 1 is 1.35 bits per heavy atom. The van der Waals surface area contributed by atoms with Gasteiger partial charge in [0.2, 0.25) is 6.79 Å². The number of hydrogen-bond donors (Lipinski definition) is 1. The number of rotatable bonds is 5. The lowest BCUT2D eigenvalue weighted by atomic mass is 10.0. The smallest absolute Gasteiger partial charge is 0.413 e. The maximum absolute atomic E-state index is 11.4. The van der Waals surface area contributed by atoms with Gasteiger partial charge in [0, 0.05) is 12.1 Å². The van der Waals surface area contributed by atoms with Crippen LogP contribution in [0.1, 0.15) is 25.3 Å². The standard InChI is InChI=1S/C18H19N3O5/c1-2-3-8-24-12-4-5-13-16(26-10-25-13)14(12)15-11-6-7-21(18(22)23)17(11)20-9-19-15/h4-5,9H,2-3,6-8,10H2,1H3,(H,22,23). The summed E-state index contributed by atoms with van der Waals surface area (Å²) in [6.45, 7) is 3.17. The van der Waals surface area contributed by atoms with Crippen LogP contribution < -0.4 is 19.1 Å². The van der Waals surface area contributed by atoms with E-state index in [9.17, 15) is 9.90 Å². The van der Waals surface area contributed by atoms with Crippen molar-refractivity contribution >= 4 is 11.9 Å². The zero-order valence-electron chi connectivity index (χ0n) is 14.4. The predicted octanol–water partition coefficient (Wildman–Crippen LogP) is 3.09. The minimum atomic E-state index is -1.02. The molecule has 0 aliphatic carbocycles. The molecule has 2 aliphatic rings. The number of benzene rings is 1. The normalized spacial score (nSPS) is 14.4. The Morgan fingerprint density at radius 2 is 2.23 bits per heavy atom. The van der Waals surface area contributed by atoms with Crippen LogP contribution in [0.4, 0.5) is 10.6 Å². The number of fused-ring (bicyclic) bond motifs is 2. The molecular formula is C18H19N3O5. The number of carboxylic acid groups (broad SMARTS) is 1. The van der Waals surface area contributed by atoms with Crippen molar-refractivity contribution in [3.05, 3.63) is 24.0 Å². The monoisotopic (exact) mass is 357 g/mol. The highest BCUT2D eigenvalue weighted by atomic mass is 16.7. The summed E-state index contributed by atoms with van der Waals surface area (Å²) in [7, 11) is 0. The van der Waals surface area contributed by atoms with Gasteiger partial charge < -0.3 is 19.3 Å². The van der Waals surface area contributed by atoms with Crippen molar-refractivity contribution in [3.63, 3.8) is 0 Å². The van der Waals surface area contributed by atoms with Crippen molar-refractivity contribution in [1.82, 2.24) is 9.97 Å². The molecule has 1 aromatic carbocycles. The molecule has 0 radical (unpaired) electrons. The zero-order valence-corrected chi connectivity index (χ0v) is 14.4. The summed E-state index contributed by atoms with van der Waals surface area (Å²) in [6, 6.07) is 3.66. The van der Waals surface area contributed by atoms with E-state index in [2.05, 4.69) is 16.9 Å². The highest BCUT2D eigenvalue weighted by Gasteiger charge is 2.32. The van der Waals surface area contributed by atoms with Crippen molar-refractivity contribution in [1.29, 1.82) is 0 Å². The SMILES string of the molecule is CCCCOc1ccc2c(c1-c1ncnc3c1CCN3C(=O)O)OCO2. The van der Waals surface area contributed by atoms with Gasteiger partial charge in [0.25, 0.3) is 0 Å². The Balaban J connectivity index is 1.83. The van der Waals surface area contributed by atoms with E-state index >= 15 is 0 Å². The summed E-state index contributed by atoms with van der Waals surface area (Å²) in [6.07, 6.45) is 2.85. The van der Waals surface area contributed by atoms with Crippen LogP contribution in [0.2, 0.25) is 0 Å². The van der Waals surface area contributed by atoms with Crippen LogP contribution >= 0.6 is 0 Å². The van der Waals surface area contributed by atoms with E-state index in [0.29, 0.717) is 53.9 Å². The number of carbonyl (C=O) groups is 1. The Kier molecular flexibility index (Phi) is 4.24. The first-order chi connectivity index (χ1) is 12.7. The molecular weight excluding hydrogens is 338 g/mol. The second-order valence-electron chi connectivity index (χ2n) is 6.08. The number of unbranched alkanes of at least 4 members (excludes halogenated alkanes) is 1. The molecule has 0 spiro atoms. The lowest BCUT2D eigenvalue weighted by molar-refractivity contribution is 0.174. The minimum absolute atomic E-state index is 0.134. The lowest BCUT2D eigenvalue weighted by Crippen LogP contribution is -2.27. The maximum Gasteiger partial charge on any atom is 0.413 e. The van der Waals surface area contributed by atoms with Gasteiger partial charge in [-0.3, -0.25) is 4.90 Å². The molecule has 8 heteroatoms. The molecule has 0 saturated heterocycles. The van der Waals surface area contributed by atoms with Gasteiger partial charge in [-0.25, -0.2) is 14.8 Å². The molecule has 4 rings (SSSR count). The second-order valence-corrected chi connectivity index (χ2v) is 6.08. The van der Waals surface area contributed by atoms with Crippen LogP contribution in [0, 0.1) is 0 Å². The van der Waals surface area contributed by atoms with Crippen molar-refractivity contribution < 1.29 is 24.1 Å². The van der Waals surface area contributed by atoms with Crippen molar-refractivity contribution in [2.24, 2.45) is 0 Å². The highest BCUT2D eigenvalue weighted by molar-refractivity contribution is 5.91. The van der Waals surface area contributed by atoms with E-state index in [4.69, 9.17) is 14.2 Å². The molecule has 3 heterocycles. The van der Waals surface area contributed by atoms with Gasteiger partial charge in [-0.2, -0.15) is 0 Å². The van der Waals surface area contributed by atoms with Crippen LogP contribution in [0.5, 0.6) is 17.2 Å². The number of hydrogen-bond acceptors (Lipinski definition) is 6. The summed E-state index contributed by atoms with van der Waals surface area (Å²) < 4.78 is 17.1. The molecule has 2 aliphatic heterocycles. The Morgan fingerprint density at radius 3 is 3.04 bits per heavy atom. The van der Waals surface area contributed by atoms with Crippen molar-refractivity contribution in [2.75, 3.05) is 24.8 Å². The van der Waals surface area contributed by atoms with Crippen LogP contribution in [0.25, 0.3) is 11.3 Å². The van der Waals surface area contributed by atoms with Crippen LogP contribution in [0.3, 0.4) is 0 Å². The molecule has 0 saturated carbocycles. The summed E-state index contributed by atoms with van der Waals surface area (Å²) >= 11 is 0. The van der Waals surface area contributed by atoms with E-state index in [-0.39, 0.29) is 6.79 Å². The molecule has 1 aromatic heterocycles. The molecule has 1 N–H and O–H groups in total. The van der Waals surface area contributed by atoms with Gasteiger partial charge >= 0.3 is 6.09 Å². The third kappa shape index (κ3) is 2.67. The molecule has 0 atom stereocenters. The first kappa shape index (κ1) is 16.4. The fourth-order valence-electron chi connectivity index (χ4n) is 3.22. The van der Waals surface area contributed by atoms with E-state index in [1.807, 2.05) is 12.1 Å². The molecule has 0 unspecified atom stereocenters. The van der Waals surface area contributed by atoms with Gasteiger partial charge in [0.15, 0.2) is 11.5 Å². The quantitative estimate of drug-likeness (QED) is 0.822. The van der Waals surface area contributed by atoms with Gasteiger partial charge in [-0.1, -0.05) is 13.3 Å². The topological polar surface area (TPSA) is 94.0 Å². The van der Waals surface area contributed by atoms with Crippen molar-refractivity contribution in [3.8, 4) is 28.5 Å². The van der Waals surface area contributed by atoms with Crippen LogP contribution in [-0.4, -0.2) is 41.1 Å². The summed E-state index contributed by atoms with van der Waals surface area (Å²) in [5, 5.41) is 9.37. The van der Waals surface area contributed by atoms with E-state index in [1.165, 1.54) is 11.2 Å². The summed E-state index contributed by atoms with van der Waals surface area (Å²) in [5.41, 5.74) is 2.11. The average Bonchev–Trinajstić information content (AvgIpc) is 3.28. The predicted molar refractivity (Wildman–Crippen MR) is 93.1 cm³/mol. The number of amides is 1. The lowest BCUT2D eigenvalue weighted by Gasteiger charge is -2.16. The highest BCUT2D eigenvalue weighted by Crippen LogP contribution is 2.48. The van der Waals surface area contributed by atoms with E-state index in [1.54, 1.807) is 0 Å². The average molecular weight is 357 g/mol. The molecule has 26 heavy (non-hydrogen) atoms. The summed E-state index contributed by atoms with van der Waals surface area (Å²) in [5.74, 6) is 2.27.